The van der Waals surface area contributed by atoms with E-state index in [-0.39, 0.29) is 35.1 Å². The van der Waals surface area contributed by atoms with E-state index in [1.54, 1.807) is 19.2 Å². The number of halogens is 1. The lowest BCUT2D eigenvalue weighted by Gasteiger charge is -2.24. The van der Waals surface area contributed by atoms with Crippen molar-refractivity contribution in [3.8, 4) is 5.75 Å². The van der Waals surface area contributed by atoms with Crippen LogP contribution in [-0.4, -0.2) is 54.3 Å². The van der Waals surface area contributed by atoms with Crippen molar-refractivity contribution in [1.29, 1.82) is 0 Å². The highest BCUT2D eigenvalue weighted by Crippen LogP contribution is 2.39. The van der Waals surface area contributed by atoms with Gasteiger partial charge >= 0.3 is 0 Å². The maximum atomic E-state index is 12.7. The van der Waals surface area contributed by atoms with Gasteiger partial charge < -0.3 is 9.64 Å². The van der Waals surface area contributed by atoms with Gasteiger partial charge in [0.2, 0.25) is 0 Å². The van der Waals surface area contributed by atoms with Crippen LogP contribution in [0.25, 0.3) is 0 Å². The number of sulfone groups is 1. The number of para-hydroxylation sites is 1. The summed E-state index contributed by atoms with van der Waals surface area (Å²) in [5.74, 6) is 0.550. The van der Waals surface area contributed by atoms with Gasteiger partial charge in [-0.05, 0) is 23.8 Å². The van der Waals surface area contributed by atoms with Crippen LogP contribution in [0.4, 0.5) is 0 Å². The number of carbonyl (C=O) groups is 1. The summed E-state index contributed by atoms with van der Waals surface area (Å²) in [5.41, 5.74) is 1.75. The second-order valence-electron chi connectivity index (χ2n) is 7.33. The van der Waals surface area contributed by atoms with Gasteiger partial charge in [-0.3, -0.25) is 4.79 Å². The summed E-state index contributed by atoms with van der Waals surface area (Å²) in [6.07, 6.45) is 0.122. The molecular weight excluding hydrogens is 444 g/mol. The Morgan fingerprint density at radius 3 is 2.67 bits per heavy atom. The highest BCUT2D eigenvalue weighted by molar-refractivity contribution is 8.15. The van der Waals surface area contributed by atoms with Gasteiger partial charge in [0.1, 0.15) is 5.75 Å². The Kier molecular flexibility index (Phi) is 6.09. The average Bonchev–Trinajstić information content (AvgIpc) is 3.16. The van der Waals surface area contributed by atoms with Crippen LogP contribution in [-0.2, 0) is 27.6 Å². The third-order valence-electron chi connectivity index (χ3n) is 5.20. The van der Waals surface area contributed by atoms with Crippen LogP contribution >= 0.6 is 23.4 Å². The number of aliphatic imine (C=N–C) groups is 1. The van der Waals surface area contributed by atoms with E-state index < -0.39 is 9.84 Å². The van der Waals surface area contributed by atoms with Gasteiger partial charge in [0, 0.05) is 22.4 Å². The highest BCUT2D eigenvalue weighted by atomic mass is 35.5. The summed E-state index contributed by atoms with van der Waals surface area (Å²) in [7, 11) is -1.52. The van der Waals surface area contributed by atoms with Gasteiger partial charge in [0.25, 0.3) is 5.91 Å². The Morgan fingerprint density at radius 1 is 1.20 bits per heavy atom. The maximum absolute atomic E-state index is 12.7. The topological polar surface area (TPSA) is 76.0 Å². The number of thioether (sulfide) groups is 1. The van der Waals surface area contributed by atoms with Crippen molar-refractivity contribution in [2.75, 3.05) is 18.6 Å². The molecule has 6 nitrogen and oxygen atoms in total. The Morgan fingerprint density at radius 2 is 1.93 bits per heavy atom. The molecule has 0 aliphatic carbocycles. The van der Waals surface area contributed by atoms with Gasteiger partial charge in [-0.1, -0.05) is 53.7 Å². The number of hydrogen-bond acceptors (Lipinski definition) is 5. The number of nitrogens with zero attached hydrogens (tertiary/aromatic N) is 2. The number of ether oxygens (including phenoxy) is 1. The van der Waals surface area contributed by atoms with Crippen LogP contribution in [0.3, 0.4) is 0 Å². The molecule has 2 aliphatic heterocycles. The quantitative estimate of drug-likeness (QED) is 0.676. The first-order valence-electron chi connectivity index (χ1n) is 9.46. The van der Waals surface area contributed by atoms with Crippen LogP contribution in [0.15, 0.2) is 53.5 Å². The number of carbonyl (C=O) groups excluding carboxylic acids is 1. The number of hydrogen-bond donors (Lipinski definition) is 0. The van der Waals surface area contributed by atoms with Crippen LogP contribution < -0.4 is 4.74 Å². The fraction of sp³-hybridized carbons (Fsp3) is 0.333. The van der Waals surface area contributed by atoms with Crippen molar-refractivity contribution in [2.24, 2.45) is 4.99 Å². The molecule has 0 N–H and O–H groups in total. The van der Waals surface area contributed by atoms with E-state index >= 15 is 0 Å². The number of amidine groups is 1. The Bertz CT molecular complexity index is 1090. The molecule has 0 saturated carbocycles. The molecule has 0 spiro atoms. The Balaban J connectivity index is 1.58. The van der Waals surface area contributed by atoms with E-state index in [0.717, 1.165) is 11.1 Å². The van der Waals surface area contributed by atoms with Crippen LogP contribution in [0, 0.1) is 0 Å². The van der Waals surface area contributed by atoms with Crippen molar-refractivity contribution >= 4 is 44.3 Å². The van der Waals surface area contributed by atoms with E-state index in [1.807, 2.05) is 41.3 Å². The summed E-state index contributed by atoms with van der Waals surface area (Å²) in [6, 6.07) is 14.6. The smallest absolute Gasteiger partial charge is 0.252 e. The summed E-state index contributed by atoms with van der Waals surface area (Å²) in [5, 5.41) is 1.10. The number of fused-ring (bicyclic) bond motifs is 1. The standard InChI is InChI=1S/C21H21ClN2O4S2/c1-28-18-5-3-2-4-15(18)10-20(25)23-21-24(11-14-6-8-16(22)9-7-14)17-12-30(26,27)13-19(17)29-21/h2-9,17,19H,10-13H2,1H3/t17-,19+/m0/s1. The molecule has 0 aromatic heterocycles. The van der Waals surface area contributed by atoms with Crippen molar-refractivity contribution in [2.45, 2.75) is 24.3 Å². The molecule has 30 heavy (non-hydrogen) atoms. The molecular formula is C21H21ClN2O4S2. The fourth-order valence-electron chi connectivity index (χ4n) is 3.77. The number of benzene rings is 2. The predicted molar refractivity (Wildman–Crippen MR) is 120 cm³/mol. The molecule has 4 rings (SSSR count). The molecule has 2 saturated heterocycles. The Labute approximate surface area is 185 Å². The average molecular weight is 465 g/mol. The summed E-state index contributed by atoms with van der Waals surface area (Å²) in [4.78, 5) is 19.0. The van der Waals surface area contributed by atoms with Crippen LogP contribution in [0.2, 0.25) is 5.02 Å². The first-order valence-corrected chi connectivity index (χ1v) is 12.5. The molecule has 1 amide bonds. The number of amides is 1. The normalized spacial score (nSPS) is 23.5. The van der Waals surface area contributed by atoms with Crippen LogP contribution in [0.5, 0.6) is 5.75 Å². The lowest BCUT2D eigenvalue weighted by Crippen LogP contribution is -2.37. The van der Waals surface area contributed by atoms with E-state index in [1.165, 1.54) is 11.8 Å². The zero-order chi connectivity index (χ0) is 21.3. The molecule has 0 unspecified atom stereocenters. The van der Waals surface area contributed by atoms with Gasteiger partial charge in [-0.15, -0.1) is 0 Å². The first kappa shape index (κ1) is 21.2. The molecule has 9 heteroatoms. The lowest BCUT2D eigenvalue weighted by molar-refractivity contribution is -0.117. The van der Waals surface area contributed by atoms with Crippen molar-refractivity contribution in [3.05, 3.63) is 64.7 Å². The third-order valence-corrected chi connectivity index (χ3v) is 8.70. The summed E-state index contributed by atoms with van der Waals surface area (Å²) in [6.45, 7) is 0.474. The summed E-state index contributed by atoms with van der Waals surface area (Å²) >= 11 is 7.36. The Hall–Kier alpha value is -2.03. The van der Waals surface area contributed by atoms with Gasteiger partial charge in [0.05, 0.1) is 31.1 Å². The van der Waals surface area contributed by atoms with E-state index in [2.05, 4.69) is 4.99 Å². The largest absolute Gasteiger partial charge is 0.496 e. The molecule has 2 atom stereocenters. The van der Waals surface area contributed by atoms with Gasteiger partial charge in [-0.25, -0.2) is 8.42 Å². The minimum Gasteiger partial charge on any atom is -0.496 e. The molecule has 2 heterocycles. The monoisotopic (exact) mass is 464 g/mol. The zero-order valence-electron chi connectivity index (χ0n) is 16.3. The molecule has 2 aromatic carbocycles. The predicted octanol–water partition coefficient (Wildman–Crippen LogP) is 3.19. The SMILES string of the molecule is COc1ccccc1CC(=O)N=C1S[C@@H]2CS(=O)(=O)C[C@@H]2N1Cc1ccc(Cl)cc1. The van der Waals surface area contributed by atoms with Gasteiger partial charge in [-0.2, -0.15) is 4.99 Å². The van der Waals surface area contributed by atoms with Crippen molar-refractivity contribution < 1.29 is 17.9 Å². The highest BCUT2D eigenvalue weighted by Gasteiger charge is 2.48. The molecule has 0 bridgehead atoms. The van der Waals surface area contributed by atoms with Crippen molar-refractivity contribution in [1.82, 2.24) is 4.90 Å². The minimum atomic E-state index is -3.09. The van der Waals surface area contributed by atoms with E-state index in [9.17, 15) is 13.2 Å². The third kappa shape index (κ3) is 4.66. The van der Waals surface area contributed by atoms with Crippen molar-refractivity contribution in [3.63, 3.8) is 0 Å². The molecule has 158 valence electrons. The lowest BCUT2D eigenvalue weighted by atomic mass is 10.1. The fourth-order valence-corrected chi connectivity index (χ4v) is 7.86. The minimum absolute atomic E-state index is 0.0813. The van der Waals surface area contributed by atoms with Crippen LogP contribution in [0.1, 0.15) is 11.1 Å². The first-order chi connectivity index (χ1) is 14.3. The number of rotatable bonds is 5. The summed E-state index contributed by atoms with van der Waals surface area (Å²) < 4.78 is 29.6. The maximum Gasteiger partial charge on any atom is 0.252 e. The second-order valence-corrected chi connectivity index (χ2v) is 11.1. The number of methoxy groups -OCH3 is 1. The second kappa shape index (κ2) is 8.61. The molecule has 2 aromatic rings. The van der Waals surface area contributed by atoms with E-state index in [4.69, 9.17) is 16.3 Å². The zero-order valence-corrected chi connectivity index (χ0v) is 18.7. The van der Waals surface area contributed by atoms with Gasteiger partial charge in [0.15, 0.2) is 15.0 Å². The van der Waals surface area contributed by atoms with E-state index in [0.29, 0.717) is 22.5 Å². The molecule has 2 aliphatic rings. The molecule has 0 radical (unpaired) electrons. The molecule has 2 fully saturated rings.